The van der Waals surface area contributed by atoms with Crippen molar-refractivity contribution < 1.29 is 4.79 Å². The minimum atomic E-state index is -0.343. The van der Waals surface area contributed by atoms with Gasteiger partial charge in [0.05, 0.1) is 0 Å². The Bertz CT molecular complexity index is 1150. The molecule has 140 valence electrons. The van der Waals surface area contributed by atoms with Gasteiger partial charge in [0.15, 0.2) is 5.82 Å². The Morgan fingerprint density at radius 3 is 2.39 bits per heavy atom. The van der Waals surface area contributed by atoms with Crippen LogP contribution in [0.5, 0.6) is 0 Å². The van der Waals surface area contributed by atoms with Crippen LogP contribution < -0.4 is 10.9 Å². The minimum absolute atomic E-state index is 0.184. The molecule has 0 radical (unpaired) electrons. The molecule has 0 unspecified atom stereocenters. The number of nitrogens with zero attached hydrogens (tertiary/aromatic N) is 3. The van der Waals surface area contributed by atoms with Gasteiger partial charge in [-0.05, 0) is 17.5 Å². The number of carbonyl (C=O) groups is 1. The van der Waals surface area contributed by atoms with Gasteiger partial charge in [-0.1, -0.05) is 60.7 Å². The summed E-state index contributed by atoms with van der Waals surface area (Å²) in [7, 11) is 0. The Morgan fingerprint density at radius 2 is 1.68 bits per heavy atom. The van der Waals surface area contributed by atoms with Gasteiger partial charge >= 0.3 is 0 Å². The van der Waals surface area contributed by atoms with E-state index in [0.717, 1.165) is 11.1 Å². The molecule has 0 spiro atoms. The number of benzene rings is 2. The normalized spacial score (nSPS) is 10.9. The molecule has 0 fully saturated rings. The molecule has 0 aliphatic heterocycles. The highest BCUT2D eigenvalue weighted by Crippen LogP contribution is 2.11. The lowest BCUT2D eigenvalue weighted by Gasteiger charge is -2.06. The Hall–Kier alpha value is -3.74. The number of amides is 1. The number of fused-ring (bicyclic) bond motifs is 1. The zero-order valence-corrected chi connectivity index (χ0v) is 15.1. The van der Waals surface area contributed by atoms with Crippen molar-refractivity contribution in [1.82, 2.24) is 19.6 Å². The lowest BCUT2D eigenvalue weighted by atomic mass is 10.1. The molecule has 2 heterocycles. The van der Waals surface area contributed by atoms with Gasteiger partial charge in [-0.3, -0.25) is 14.6 Å². The number of aromatic nitrogens is 4. The van der Waals surface area contributed by atoms with Gasteiger partial charge in [-0.2, -0.15) is 9.50 Å². The van der Waals surface area contributed by atoms with E-state index in [9.17, 15) is 9.59 Å². The van der Waals surface area contributed by atoms with E-state index in [1.54, 1.807) is 0 Å². The van der Waals surface area contributed by atoms with E-state index in [1.807, 2.05) is 60.7 Å². The molecular formula is C21H19N5O2. The first kappa shape index (κ1) is 17.7. The van der Waals surface area contributed by atoms with Crippen molar-refractivity contribution in [2.24, 2.45) is 0 Å². The molecule has 0 saturated heterocycles. The van der Waals surface area contributed by atoms with Crippen LogP contribution in [-0.2, 0) is 17.6 Å². The lowest BCUT2D eigenvalue weighted by molar-refractivity contribution is -0.116. The number of hydrogen-bond acceptors (Lipinski definition) is 4. The molecule has 28 heavy (non-hydrogen) atoms. The molecule has 0 aliphatic rings. The fourth-order valence-electron chi connectivity index (χ4n) is 2.99. The topological polar surface area (TPSA) is 92.1 Å². The highest BCUT2D eigenvalue weighted by Gasteiger charge is 2.12. The van der Waals surface area contributed by atoms with Crippen molar-refractivity contribution in [2.75, 3.05) is 5.32 Å². The summed E-state index contributed by atoms with van der Waals surface area (Å²) in [6, 6.07) is 20.9. The molecule has 2 aromatic heterocycles. The fraction of sp³-hybridized carbons (Fsp3) is 0.143. The zero-order valence-electron chi connectivity index (χ0n) is 15.1. The second-order valence-corrected chi connectivity index (χ2v) is 6.48. The van der Waals surface area contributed by atoms with Crippen LogP contribution in [0.2, 0.25) is 0 Å². The van der Waals surface area contributed by atoms with Crippen LogP contribution in [0.3, 0.4) is 0 Å². The highest BCUT2D eigenvalue weighted by atomic mass is 16.2. The first-order valence-corrected chi connectivity index (χ1v) is 9.04. The molecule has 2 aromatic carbocycles. The summed E-state index contributed by atoms with van der Waals surface area (Å²) in [6.45, 7) is 0. The van der Waals surface area contributed by atoms with E-state index in [1.165, 1.54) is 10.6 Å². The van der Waals surface area contributed by atoms with E-state index in [-0.39, 0.29) is 11.5 Å². The third-order valence-electron chi connectivity index (χ3n) is 4.34. The van der Waals surface area contributed by atoms with Crippen molar-refractivity contribution in [2.45, 2.75) is 19.3 Å². The molecule has 0 atom stereocenters. The number of hydrogen-bond donors (Lipinski definition) is 2. The van der Waals surface area contributed by atoms with Crippen LogP contribution in [0, 0.1) is 0 Å². The number of carbonyl (C=O) groups excluding carboxylic acids is 1. The summed E-state index contributed by atoms with van der Waals surface area (Å²) in [5, 5.41) is 7.22. The minimum Gasteiger partial charge on any atom is -0.310 e. The number of aromatic amines is 1. The average Bonchev–Trinajstić information content (AvgIpc) is 3.10. The van der Waals surface area contributed by atoms with Gasteiger partial charge in [0, 0.05) is 18.9 Å². The van der Waals surface area contributed by atoms with Crippen molar-refractivity contribution in [1.29, 1.82) is 0 Å². The molecule has 2 N–H and O–H groups in total. The van der Waals surface area contributed by atoms with Gasteiger partial charge in [0.25, 0.3) is 5.56 Å². The maximum absolute atomic E-state index is 12.4. The number of nitrogens with one attached hydrogen (secondary N) is 2. The van der Waals surface area contributed by atoms with Crippen LogP contribution >= 0.6 is 0 Å². The second kappa shape index (κ2) is 7.87. The van der Waals surface area contributed by atoms with Gasteiger partial charge in [0.2, 0.25) is 11.7 Å². The molecule has 4 aromatic rings. The van der Waals surface area contributed by atoms with E-state index in [4.69, 9.17) is 0 Å². The maximum Gasteiger partial charge on any atom is 0.254 e. The van der Waals surface area contributed by atoms with Crippen LogP contribution in [0.1, 0.15) is 23.4 Å². The molecule has 0 bridgehead atoms. The maximum atomic E-state index is 12.4. The predicted molar refractivity (Wildman–Crippen MR) is 106 cm³/mol. The lowest BCUT2D eigenvalue weighted by Crippen LogP contribution is -2.19. The molecular weight excluding hydrogens is 354 g/mol. The van der Waals surface area contributed by atoms with E-state index >= 15 is 0 Å². The largest absolute Gasteiger partial charge is 0.310 e. The van der Waals surface area contributed by atoms with Crippen LogP contribution in [-0.4, -0.2) is 25.5 Å². The number of rotatable bonds is 6. The van der Waals surface area contributed by atoms with Gasteiger partial charge in [-0.25, -0.2) is 0 Å². The average molecular weight is 373 g/mol. The summed E-state index contributed by atoms with van der Waals surface area (Å²) < 4.78 is 1.46. The molecule has 7 nitrogen and oxygen atoms in total. The fourth-order valence-corrected chi connectivity index (χ4v) is 2.99. The zero-order chi connectivity index (χ0) is 19.3. The van der Waals surface area contributed by atoms with Crippen LogP contribution in [0.25, 0.3) is 5.78 Å². The van der Waals surface area contributed by atoms with Crippen molar-refractivity contribution >= 4 is 17.5 Å². The van der Waals surface area contributed by atoms with E-state index in [2.05, 4.69) is 20.4 Å². The summed E-state index contributed by atoms with van der Waals surface area (Å²) in [5.74, 6) is 0.990. The van der Waals surface area contributed by atoms with Crippen LogP contribution in [0.4, 0.5) is 5.82 Å². The quantitative estimate of drug-likeness (QED) is 0.543. The Kier molecular flexibility index (Phi) is 4.97. The number of aryl methyl sites for hydroxylation is 1. The third-order valence-corrected chi connectivity index (χ3v) is 4.34. The van der Waals surface area contributed by atoms with E-state index < -0.39 is 0 Å². The first-order chi connectivity index (χ1) is 13.7. The summed E-state index contributed by atoms with van der Waals surface area (Å²) in [5.41, 5.74) is 1.80. The predicted octanol–water partition coefficient (Wildman–Crippen LogP) is 2.58. The SMILES string of the molecule is O=C(CCc1ccccc1)Nc1cc(=O)[nH]c2nc(Cc3ccccc3)nn12. The third kappa shape index (κ3) is 4.15. The van der Waals surface area contributed by atoms with Gasteiger partial charge in [-0.15, -0.1) is 5.10 Å². The van der Waals surface area contributed by atoms with Crippen molar-refractivity contribution in [3.63, 3.8) is 0 Å². The van der Waals surface area contributed by atoms with Crippen molar-refractivity contribution in [3.8, 4) is 0 Å². The van der Waals surface area contributed by atoms with E-state index in [0.29, 0.717) is 36.7 Å². The second-order valence-electron chi connectivity index (χ2n) is 6.48. The van der Waals surface area contributed by atoms with Crippen molar-refractivity contribution in [3.05, 3.63) is 94.0 Å². The Labute approximate surface area is 161 Å². The monoisotopic (exact) mass is 373 g/mol. The first-order valence-electron chi connectivity index (χ1n) is 9.04. The smallest absolute Gasteiger partial charge is 0.254 e. The Balaban J connectivity index is 1.53. The number of H-pyrrole nitrogens is 1. The summed E-state index contributed by atoms with van der Waals surface area (Å²) in [4.78, 5) is 31.3. The molecule has 7 heteroatoms. The van der Waals surface area contributed by atoms with Gasteiger partial charge < -0.3 is 5.32 Å². The summed E-state index contributed by atoms with van der Waals surface area (Å²) in [6.07, 6.45) is 1.46. The standard InChI is InChI=1S/C21H19N5O2/c27-19(12-11-15-7-3-1-4-8-15)23-18-14-20(28)24-21-22-17(25-26(18)21)13-16-9-5-2-6-10-16/h1-10,14H,11-13H2,(H,23,27)(H,22,24,25,28). The molecule has 4 rings (SSSR count). The molecule has 1 amide bonds. The highest BCUT2D eigenvalue weighted by molar-refractivity contribution is 5.90. The number of anilines is 1. The Morgan fingerprint density at radius 1 is 1.00 bits per heavy atom. The molecule has 0 aliphatic carbocycles. The molecule has 0 saturated carbocycles. The van der Waals surface area contributed by atoms with Gasteiger partial charge in [0.1, 0.15) is 5.82 Å². The van der Waals surface area contributed by atoms with Crippen LogP contribution in [0.15, 0.2) is 71.5 Å². The summed E-state index contributed by atoms with van der Waals surface area (Å²) >= 11 is 0.